The summed E-state index contributed by atoms with van der Waals surface area (Å²) in [4.78, 5) is 0. The Kier molecular flexibility index (Phi) is 26.8. The Morgan fingerprint density at radius 3 is 0.681 bits per heavy atom. The molecule has 12 aromatic rings. The Labute approximate surface area is 666 Å². The molecule has 116 heavy (non-hydrogen) atoms. The van der Waals surface area contributed by atoms with Gasteiger partial charge in [-0.25, -0.2) is 4.21 Å². The Hall–Kier alpha value is -12.2. The van der Waals surface area contributed by atoms with Gasteiger partial charge >= 0.3 is 63.4 Å². The SMILES string of the molecule is C=S(=O)(F)Cc1ccc(OC(Oc2ccc(B3OB(c4ccc(OC(Oc5ccc(OS(=O)(=O)F)cc5)c5ccccc5)cc4)OB(c4ccc(OC(Oc5ccc(OS(=O)(=O)F)cc5)c5ccccc5)cc4)O3)cc2)c2ccccc2)cc1.Cc1ccc(OC(Oc2ccc(OS(=O)(=O)F)cc2)c2ccc(OS(=O)(=O)F)cc2)cc1. The molecule has 0 aliphatic carbocycles. The molecule has 1 heterocycles. The van der Waals surface area contributed by atoms with Crippen LogP contribution in [0.4, 0.5) is 19.4 Å². The van der Waals surface area contributed by atoms with Gasteiger partial charge in [0.15, 0.2) is 0 Å². The molecule has 0 N–H and O–H groups in total. The third-order valence-corrected chi connectivity index (χ3v) is 18.4. The highest BCUT2D eigenvalue weighted by molar-refractivity contribution is 7.94. The minimum Gasteiger partial charge on any atom is -0.451 e. The van der Waals surface area contributed by atoms with Crippen molar-refractivity contribution in [2.45, 2.75) is 37.8 Å². The van der Waals surface area contributed by atoms with Gasteiger partial charge in [-0.05, 0) is 192 Å². The van der Waals surface area contributed by atoms with Crippen molar-refractivity contribution in [3.05, 3.63) is 343 Å². The zero-order valence-corrected chi connectivity index (χ0v) is 64.2. The lowest BCUT2D eigenvalue weighted by atomic mass is 9.61. The topological polar surface area (TPSA) is 292 Å². The first kappa shape index (κ1) is 83.2. The minimum absolute atomic E-state index is 0.220. The van der Waals surface area contributed by atoms with Gasteiger partial charge in [-0.3, -0.25) is 0 Å². The maximum Gasteiger partial charge on any atom is 0.488 e. The Morgan fingerprint density at radius 1 is 0.267 bits per heavy atom. The van der Waals surface area contributed by atoms with Crippen LogP contribution in [0.25, 0.3) is 0 Å². The van der Waals surface area contributed by atoms with E-state index in [0.717, 1.165) is 5.56 Å². The zero-order valence-electron chi connectivity index (χ0n) is 60.1. The molecule has 13 rings (SSSR count). The van der Waals surface area contributed by atoms with Crippen LogP contribution in [0.1, 0.15) is 58.5 Å². The van der Waals surface area contributed by atoms with Crippen LogP contribution in [0.3, 0.4) is 0 Å². The Morgan fingerprint density at radius 2 is 0.457 bits per heavy atom. The lowest BCUT2D eigenvalue weighted by molar-refractivity contribution is 0.00349. The van der Waals surface area contributed by atoms with E-state index >= 15 is 0 Å². The van der Waals surface area contributed by atoms with E-state index < -0.39 is 98.4 Å². The van der Waals surface area contributed by atoms with Gasteiger partial charge in [0, 0.05) is 22.3 Å². The van der Waals surface area contributed by atoms with E-state index in [9.17, 15) is 57.3 Å². The molecule has 0 spiro atoms. The van der Waals surface area contributed by atoms with E-state index in [-0.39, 0.29) is 46.0 Å². The first-order valence-corrected chi connectivity index (χ1v) is 41.3. The second-order valence-electron chi connectivity index (χ2n) is 24.8. The molecule has 596 valence electrons. The second kappa shape index (κ2) is 37.4. The number of ether oxygens (including phenoxy) is 8. The van der Waals surface area contributed by atoms with Crippen LogP contribution < -0.4 is 71.0 Å². The molecule has 0 radical (unpaired) electrons. The maximum atomic E-state index is 13.8. The van der Waals surface area contributed by atoms with Gasteiger partial charge in [0.05, 0.1) is 5.75 Å². The fraction of sp³-hybridized carbons (Fsp3) is 0.0759. The minimum atomic E-state index is -5.24. The lowest BCUT2D eigenvalue weighted by Crippen LogP contribution is -2.61. The zero-order chi connectivity index (χ0) is 82.0. The van der Waals surface area contributed by atoms with Crippen molar-refractivity contribution in [3.63, 3.8) is 0 Å². The van der Waals surface area contributed by atoms with E-state index in [1.54, 1.807) is 133 Å². The average Bonchev–Trinajstić information content (AvgIpc) is 0.794. The third-order valence-electron chi connectivity index (χ3n) is 16.1. The van der Waals surface area contributed by atoms with Crippen LogP contribution in [0.15, 0.2) is 309 Å². The Balaban J connectivity index is 0.000000323. The number of halogens is 5. The van der Waals surface area contributed by atoms with E-state index in [1.807, 2.05) is 85.8 Å². The van der Waals surface area contributed by atoms with Crippen LogP contribution in [0, 0.1) is 6.92 Å². The molecule has 1 saturated heterocycles. The smallest absolute Gasteiger partial charge is 0.451 e. The molecule has 0 bridgehead atoms. The normalized spacial score (nSPS) is 13.9. The molecule has 0 amide bonds. The molecular formula is C79H62B3F5O24S5. The molecule has 37 heteroatoms. The average molecular weight is 1680 g/mol. The maximum absolute atomic E-state index is 13.8. The summed E-state index contributed by atoms with van der Waals surface area (Å²) in [5.74, 6) is 4.58. The fourth-order valence-corrected chi connectivity index (χ4v) is 12.9. The number of benzene rings is 12. The number of aryl methyl sites for hydroxylation is 1. The molecule has 5 atom stereocenters. The van der Waals surface area contributed by atoms with Gasteiger partial charge < -0.3 is 68.3 Å². The van der Waals surface area contributed by atoms with Crippen molar-refractivity contribution in [2.75, 3.05) is 0 Å². The van der Waals surface area contributed by atoms with Crippen LogP contribution in [0.5, 0.6) is 69.0 Å². The standard InChI is InChI=1S/C59H46B3F3O16S3.C20H16F2O8S2/c1-82(63,66)41-42-17-25-49(26-18-42)71-57(43-11-5-2-6-12-43)72-50-27-19-46(20-28-50)60-79-61(47-21-29-51(30-22-47)73-58(44-13-7-3-8-14-44)75-53-33-37-55(38-34-53)77-83(64,67)68)81-62(80-60)48-23-31-52(32-24-48)74-59(45-15-9-4-10-16-45)76-54-35-39-56(40-36-54)78-84(65,69)70;1-14-2-6-16(7-3-14)27-20(15-4-8-18(9-5-15)29-31(21,23)24)28-17-10-12-19(13-11-17)30-32(22,25)26/h2-40,57-59H,1,41H2;2-13,20H,1H3. The van der Waals surface area contributed by atoms with Crippen molar-refractivity contribution >= 4 is 95.5 Å². The molecule has 1 aliphatic rings. The van der Waals surface area contributed by atoms with Crippen LogP contribution in [-0.2, 0) is 71.4 Å². The van der Waals surface area contributed by atoms with Crippen molar-refractivity contribution in [3.8, 4) is 69.0 Å². The van der Waals surface area contributed by atoms with E-state index in [2.05, 4.69) is 22.6 Å². The molecule has 0 saturated carbocycles. The largest absolute Gasteiger partial charge is 0.488 e. The van der Waals surface area contributed by atoms with E-state index in [4.69, 9.17) is 51.6 Å². The van der Waals surface area contributed by atoms with Gasteiger partial charge in [0.2, 0.25) is 0 Å². The molecule has 0 aromatic heterocycles. The molecule has 1 fully saturated rings. The first-order valence-electron chi connectivity index (χ1n) is 34.3. The lowest BCUT2D eigenvalue weighted by Gasteiger charge is -2.32. The second-order valence-corrected chi connectivity index (χ2v) is 30.4. The van der Waals surface area contributed by atoms with Gasteiger partial charge in [-0.15, -0.1) is 3.89 Å². The summed E-state index contributed by atoms with van der Waals surface area (Å²) >= 11 is 0. The van der Waals surface area contributed by atoms with Crippen LogP contribution in [0.2, 0.25) is 0 Å². The molecule has 12 aromatic carbocycles. The molecular weight excluding hydrogens is 1620 g/mol. The van der Waals surface area contributed by atoms with Gasteiger partial charge in [-0.1, -0.05) is 173 Å². The number of rotatable bonds is 33. The van der Waals surface area contributed by atoms with Gasteiger partial charge in [0.25, 0.3) is 25.2 Å². The highest BCUT2D eigenvalue weighted by Crippen LogP contribution is 2.34. The predicted molar refractivity (Wildman–Crippen MR) is 420 cm³/mol. The highest BCUT2D eigenvalue weighted by atomic mass is 32.3. The summed E-state index contributed by atoms with van der Waals surface area (Å²) in [7, 11) is -27.6. The monoisotopic (exact) mass is 1680 g/mol. The number of hydrogen-bond acceptors (Lipinski definition) is 24. The molecule has 24 nitrogen and oxygen atoms in total. The molecule has 1 aliphatic heterocycles. The van der Waals surface area contributed by atoms with Crippen molar-refractivity contribution in [1.82, 2.24) is 0 Å². The molecule has 5 unspecified atom stereocenters. The van der Waals surface area contributed by atoms with Gasteiger partial charge in [0.1, 0.15) is 78.9 Å². The quantitative estimate of drug-likeness (QED) is 0.0121. The first-order chi connectivity index (χ1) is 55.3. The Bertz CT molecular complexity index is 5420. The van der Waals surface area contributed by atoms with Crippen LogP contribution >= 0.6 is 0 Å². The van der Waals surface area contributed by atoms with E-state index in [1.165, 1.54) is 97.1 Å². The summed E-state index contributed by atoms with van der Waals surface area (Å²) in [6.45, 7) is 1.90. The van der Waals surface area contributed by atoms with Gasteiger partial charge in [-0.2, -0.15) is 33.7 Å². The third kappa shape index (κ3) is 26.2. The summed E-state index contributed by atoms with van der Waals surface area (Å²) in [5, 5.41) is 0. The predicted octanol–water partition coefficient (Wildman–Crippen LogP) is 14.3. The highest BCUT2D eigenvalue weighted by Gasteiger charge is 2.44. The van der Waals surface area contributed by atoms with Crippen molar-refractivity contribution in [1.29, 1.82) is 0 Å². The fourth-order valence-electron chi connectivity index (χ4n) is 10.9. The summed E-state index contributed by atoms with van der Waals surface area (Å²) in [6, 6.07) is 82.6. The van der Waals surface area contributed by atoms with Crippen molar-refractivity contribution in [2.24, 2.45) is 0 Å². The van der Waals surface area contributed by atoms with Crippen LogP contribution in [-0.4, -0.2) is 65.1 Å². The summed E-state index contributed by atoms with van der Waals surface area (Å²) in [6.07, 6.45) is -3.99. The van der Waals surface area contributed by atoms with E-state index in [0.29, 0.717) is 73.0 Å². The number of hydrogen-bond donors (Lipinski definition) is 0. The van der Waals surface area contributed by atoms with Crippen molar-refractivity contribution < 1.29 is 126 Å². The summed E-state index contributed by atoms with van der Waals surface area (Å²) < 4.78 is 250. The summed E-state index contributed by atoms with van der Waals surface area (Å²) in [5.41, 5.74) is 5.63.